The van der Waals surface area contributed by atoms with Crippen LogP contribution in [0.3, 0.4) is 0 Å². The second-order valence-electron chi connectivity index (χ2n) is 4.78. The van der Waals surface area contributed by atoms with E-state index in [1.165, 1.54) is 29.8 Å². The van der Waals surface area contributed by atoms with Crippen LogP contribution in [0.5, 0.6) is 0 Å². The molecule has 1 aromatic rings. The van der Waals surface area contributed by atoms with Crippen molar-refractivity contribution in [2.75, 3.05) is 24.7 Å². The molecule has 1 aliphatic heterocycles. The number of thioether (sulfide) groups is 2. The van der Waals surface area contributed by atoms with Crippen molar-refractivity contribution in [1.82, 2.24) is 19.7 Å². The highest BCUT2D eigenvalue weighted by molar-refractivity contribution is 8.04. The number of ether oxygens (including phenoxy) is 1. The minimum Gasteiger partial charge on any atom is -0.463 e. The van der Waals surface area contributed by atoms with E-state index in [0.29, 0.717) is 10.8 Å². The van der Waals surface area contributed by atoms with Gasteiger partial charge in [0.25, 0.3) is 0 Å². The van der Waals surface area contributed by atoms with Crippen LogP contribution >= 0.6 is 23.5 Å². The molecule has 0 N–H and O–H groups in total. The monoisotopic (exact) mass is 396 g/mol. The summed E-state index contributed by atoms with van der Waals surface area (Å²) in [5.41, 5.74) is 0. The standard InChI is InChI=1S/C13H15F3N4O3S2/c1-3-23-10(22)6-9-20(8(21)7-25-9)4-5-24-12-18-17-11(19(12)2)13(14,15)16/h6H,3-5,7H2,1-2H3/b9-6-. The van der Waals surface area contributed by atoms with Gasteiger partial charge in [0, 0.05) is 19.3 Å². The fraction of sp³-hybridized carbons (Fsp3) is 0.538. The number of carbonyl (C=O) groups excluding carboxylic acids is 2. The second-order valence-corrected chi connectivity index (χ2v) is 6.84. The van der Waals surface area contributed by atoms with Crippen LogP contribution in [-0.4, -0.2) is 56.2 Å². The van der Waals surface area contributed by atoms with Crippen molar-refractivity contribution in [2.45, 2.75) is 18.3 Å². The first kappa shape index (κ1) is 19.6. The van der Waals surface area contributed by atoms with Gasteiger partial charge < -0.3 is 14.2 Å². The Bertz CT molecular complexity index is 691. The molecule has 1 aromatic heterocycles. The summed E-state index contributed by atoms with van der Waals surface area (Å²) in [4.78, 5) is 24.8. The quantitative estimate of drug-likeness (QED) is 0.413. The van der Waals surface area contributed by atoms with Crippen LogP contribution in [0.2, 0.25) is 0 Å². The maximum absolute atomic E-state index is 12.7. The molecule has 1 saturated heterocycles. The number of esters is 1. The van der Waals surface area contributed by atoms with Crippen molar-refractivity contribution >= 4 is 35.4 Å². The van der Waals surface area contributed by atoms with Gasteiger partial charge in [-0.2, -0.15) is 13.2 Å². The lowest BCUT2D eigenvalue weighted by atomic mass is 10.5. The third-order valence-corrected chi connectivity index (χ3v) is 5.10. The maximum atomic E-state index is 12.7. The molecular weight excluding hydrogens is 381 g/mol. The van der Waals surface area contributed by atoms with Gasteiger partial charge in [0.05, 0.1) is 23.5 Å². The number of amides is 1. The number of hydrogen-bond acceptors (Lipinski definition) is 7. The molecule has 1 amide bonds. The smallest absolute Gasteiger partial charge is 0.451 e. The lowest BCUT2D eigenvalue weighted by Crippen LogP contribution is -2.27. The highest BCUT2D eigenvalue weighted by Gasteiger charge is 2.37. The second kappa shape index (κ2) is 8.13. The predicted octanol–water partition coefficient (Wildman–Crippen LogP) is 1.91. The SMILES string of the molecule is CCOC(=O)/C=C1\SCC(=O)N1CCSc1nnc(C(F)(F)F)n1C. The Hall–Kier alpha value is -1.69. The van der Waals surface area contributed by atoms with E-state index in [2.05, 4.69) is 10.2 Å². The highest BCUT2D eigenvalue weighted by atomic mass is 32.2. The Labute approximate surface area is 150 Å². The van der Waals surface area contributed by atoms with E-state index in [1.54, 1.807) is 6.92 Å². The normalized spacial score (nSPS) is 16.8. The molecule has 0 bridgehead atoms. The van der Waals surface area contributed by atoms with E-state index < -0.39 is 18.0 Å². The average Bonchev–Trinajstić information content (AvgIpc) is 3.04. The Balaban J connectivity index is 1.97. The van der Waals surface area contributed by atoms with Gasteiger partial charge in [0.15, 0.2) is 5.16 Å². The Morgan fingerprint density at radius 1 is 1.44 bits per heavy atom. The molecule has 0 radical (unpaired) electrons. The zero-order chi connectivity index (χ0) is 18.6. The van der Waals surface area contributed by atoms with E-state index >= 15 is 0 Å². The molecule has 0 aromatic carbocycles. The number of halogens is 3. The number of rotatable bonds is 6. The van der Waals surface area contributed by atoms with Gasteiger partial charge in [-0.25, -0.2) is 4.79 Å². The molecule has 1 fully saturated rings. The van der Waals surface area contributed by atoms with Gasteiger partial charge in [0.1, 0.15) is 0 Å². The molecule has 138 valence electrons. The van der Waals surface area contributed by atoms with Crippen molar-refractivity contribution in [1.29, 1.82) is 0 Å². The lowest BCUT2D eigenvalue weighted by Gasteiger charge is -2.16. The Morgan fingerprint density at radius 2 is 2.16 bits per heavy atom. The Kier molecular flexibility index (Phi) is 6.38. The zero-order valence-corrected chi connectivity index (χ0v) is 15.0. The number of hydrogen-bond donors (Lipinski definition) is 0. The first-order chi connectivity index (χ1) is 11.7. The largest absolute Gasteiger partial charge is 0.463 e. The molecule has 7 nitrogen and oxygen atoms in total. The third-order valence-electron chi connectivity index (χ3n) is 3.07. The van der Waals surface area contributed by atoms with Gasteiger partial charge in [-0.15, -0.1) is 10.2 Å². The fourth-order valence-electron chi connectivity index (χ4n) is 1.97. The summed E-state index contributed by atoms with van der Waals surface area (Å²) in [7, 11) is 1.23. The summed E-state index contributed by atoms with van der Waals surface area (Å²) < 4.78 is 43.7. The molecule has 0 atom stereocenters. The van der Waals surface area contributed by atoms with Gasteiger partial charge in [-0.05, 0) is 6.92 Å². The van der Waals surface area contributed by atoms with E-state index in [9.17, 15) is 22.8 Å². The molecular formula is C13H15F3N4O3S2. The minimum absolute atomic E-state index is 0.0996. The minimum atomic E-state index is -4.57. The molecule has 0 saturated carbocycles. The summed E-state index contributed by atoms with van der Waals surface area (Å²) in [6.07, 6.45) is -3.33. The van der Waals surface area contributed by atoms with Crippen LogP contribution in [0, 0.1) is 0 Å². The molecule has 0 aliphatic carbocycles. The summed E-state index contributed by atoms with van der Waals surface area (Å²) >= 11 is 2.26. The van der Waals surface area contributed by atoms with E-state index in [0.717, 1.165) is 16.3 Å². The zero-order valence-electron chi connectivity index (χ0n) is 13.4. The van der Waals surface area contributed by atoms with Gasteiger partial charge in [-0.3, -0.25) is 4.79 Å². The van der Waals surface area contributed by atoms with Crippen molar-refractivity contribution in [2.24, 2.45) is 7.05 Å². The highest BCUT2D eigenvalue weighted by Crippen LogP contribution is 2.31. The van der Waals surface area contributed by atoms with Gasteiger partial charge >= 0.3 is 12.1 Å². The van der Waals surface area contributed by atoms with E-state index in [1.807, 2.05) is 0 Å². The fourth-order valence-corrected chi connectivity index (χ4v) is 3.76. The molecule has 2 rings (SSSR count). The summed E-state index contributed by atoms with van der Waals surface area (Å²) in [5, 5.41) is 7.22. The van der Waals surface area contributed by atoms with Crippen LogP contribution in [0.25, 0.3) is 0 Å². The first-order valence-corrected chi connectivity index (χ1v) is 9.12. The van der Waals surface area contributed by atoms with Crippen LogP contribution < -0.4 is 0 Å². The number of nitrogens with zero attached hydrogens (tertiary/aromatic N) is 4. The molecule has 2 heterocycles. The summed E-state index contributed by atoms with van der Waals surface area (Å²) in [6.45, 7) is 2.13. The van der Waals surface area contributed by atoms with Crippen LogP contribution in [-0.2, 0) is 27.5 Å². The van der Waals surface area contributed by atoms with Crippen molar-refractivity contribution in [3.8, 4) is 0 Å². The van der Waals surface area contributed by atoms with Gasteiger partial charge in [-0.1, -0.05) is 23.5 Å². The molecule has 25 heavy (non-hydrogen) atoms. The maximum Gasteiger partial charge on any atom is 0.451 e. The molecule has 12 heteroatoms. The number of alkyl halides is 3. The summed E-state index contributed by atoms with van der Waals surface area (Å²) in [6, 6.07) is 0. The van der Waals surface area contributed by atoms with Crippen LogP contribution in [0.4, 0.5) is 13.2 Å². The molecule has 1 aliphatic rings. The summed E-state index contributed by atoms with van der Waals surface area (Å²) in [5.74, 6) is -1.28. The lowest BCUT2D eigenvalue weighted by molar-refractivity contribution is -0.147. The van der Waals surface area contributed by atoms with E-state index in [-0.39, 0.29) is 30.0 Å². The Morgan fingerprint density at radius 3 is 2.76 bits per heavy atom. The van der Waals surface area contributed by atoms with Crippen molar-refractivity contribution < 1.29 is 27.5 Å². The number of carbonyl (C=O) groups is 2. The topological polar surface area (TPSA) is 77.3 Å². The predicted molar refractivity (Wildman–Crippen MR) is 85.6 cm³/mol. The average molecular weight is 396 g/mol. The first-order valence-electron chi connectivity index (χ1n) is 7.15. The van der Waals surface area contributed by atoms with Gasteiger partial charge in [0.2, 0.25) is 11.7 Å². The molecule has 0 spiro atoms. The van der Waals surface area contributed by atoms with Crippen LogP contribution in [0.1, 0.15) is 12.7 Å². The molecule has 0 unspecified atom stereocenters. The van der Waals surface area contributed by atoms with E-state index in [4.69, 9.17) is 4.74 Å². The number of aromatic nitrogens is 3. The van der Waals surface area contributed by atoms with Crippen molar-refractivity contribution in [3.63, 3.8) is 0 Å². The van der Waals surface area contributed by atoms with Crippen molar-refractivity contribution in [3.05, 3.63) is 16.9 Å². The third kappa shape index (κ3) is 4.91. The van der Waals surface area contributed by atoms with Crippen LogP contribution in [0.15, 0.2) is 16.3 Å².